The number of rotatable bonds is 14. The van der Waals surface area contributed by atoms with Crippen LogP contribution in [-0.4, -0.2) is 53.3 Å². The number of carbonyl (C=O) groups is 3. The molecule has 3 amide bonds. The van der Waals surface area contributed by atoms with Crippen molar-refractivity contribution in [1.82, 2.24) is 20.9 Å². The third kappa shape index (κ3) is 8.32. The molecule has 10 nitrogen and oxygen atoms in total. The predicted molar refractivity (Wildman–Crippen MR) is 181 cm³/mol. The SMILES string of the molecule is NC(N)=NCCC[C@H](NC(=O)C1(NC(=O)CCc2ccccc2)CCc2ccccc2C1)C(=O)NCCc1c[nH]c2ccccc12. The molecule has 0 saturated heterocycles. The van der Waals surface area contributed by atoms with Gasteiger partial charge in [0.2, 0.25) is 17.7 Å². The molecule has 5 rings (SSSR count). The van der Waals surface area contributed by atoms with E-state index in [0.29, 0.717) is 58.0 Å². The lowest BCUT2D eigenvalue weighted by molar-refractivity contribution is -0.136. The summed E-state index contributed by atoms with van der Waals surface area (Å²) in [6.07, 6.45) is 5.61. The van der Waals surface area contributed by atoms with Crippen molar-refractivity contribution < 1.29 is 14.4 Å². The van der Waals surface area contributed by atoms with Gasteiger partial charge in [0.1, 0.15) is 11.6 Å². The maximum Gasteiger partial charge on any atom is 0.246 e. The van der Waals surface area contributed by atoms with Crippen molar-refractivity contribution in [3.05, 3.63) is 107 Å². The monoisotopic (exact) mass is 621 g/mol. The number of H-pyrrole nitrogens is 1. The number of nitrogens with two attached hydrogens (primary N) is 2. The molecule has 0 radical (unpaired) electrons. The Bertz CT molecular complexity index is 1680. The molecule has 8 N–H and O–H groups in total. The number of guanidine groups is 1. The Labute approximate surface area is 269 Å². The van der Waals surface area contributed by atoms with Gasteiger partial charge in [-0.3, -0.25) is 19.4 Å². The Hall–Kier alpha value is -5.12. The third-order valence-electron chi connectivity index (χ3n) is 8.66. The minimum absolute atomic E-state index is 0.0261. The fraction of sp³-hybridized carbons (Fsp3) is 0.333. The van der Waals surface area contributed by atoms with Crippen LogP contribution in [0.4, 0.5) is 0 Å². The number of aromatic nitrogens is 1. The minimum Gasteiger partial charge on any atom is -0.370 e. The van der Waals surface area contributed by atoms with Gasteiger partial charge in [0.15, 0.2) is 5.96 Å². The molecule has 0 fully saturated rings. The maximum atomic E-state index is 14.2. The van der Waals surface area contributed by atoms with E-state index in [1.165, 1.54) is 0 Å². The highest BCUT2D eigenvalue weighted by Gasteiger charge is 2.43. The van der Waals surface area contributed by atoms with E-state index in [2.05, 4.69) is 32.0 Å². The summed E-state index contributed by atoms with van der Waals surface area (Å²) in [4.78, 5) is 48.4. The molecule has 1 aromatic heterocycles. The second-order valence-electron chi connectivity index (χ2n) is 11.9. The number of fused-ring (bicyclic) bond motifs is 2. The van der Waals surface area contributed by atoms with Gasteiger partial charge in [0.05, 0.1) is 0 Å². The summed E-state index contributed by atoms with van der Waals surface area (Å²) in [5.41, 5.74) is 15.2. The molecule has 240 valence electrons. The number of hydrogen-bond acceptors (Lipinski definition) is 4. The van der Waals surface area contributed by atoms with Gasteiger partial charge in [-0.25, -0.2) is 0 Å². The standard InChI is InChI=1S/C36H43N7O3/c37-35(38)40-21-8-15-31(33(45)39-22-19-28-24-41-30-14-7-6-13-29(28)30)42-34(46)36(20-18-26-11-4-5-12-27(26)23-36)43-32(44)17-16-25-9-2-1-3-10-25/h1-7,9-14,24,31,41H,8,15-23H2,(H,39,45)(H,42,46)(H,43,44)(H4,37,38,40)/t31-,36?/m0/s1. The Morgan fingerprint density at radius 1 is 0.913 bits per heavy atom. The van der Waals surface area contributed by atoms with Crippen LogP contribution in [0.5, 0.6) is 0 Å². The van der Waals surface area contributed by atoms with Gasteiger partial charge >= 0.3 is 0 Å². The van der Waals surface area contributed by atoms with Gasteiger partial charge in [-0.2, -0.15) is 0 Å². The summed E-state index contributed by atoms with van der Waals surface area (Å²) in [5, 5.41) is 10.2. The van der Waals surface area contributed by atoms with Crippen LogP contribution >= 0.6 is 0 Å². The van der Waals surface area contributed by atoms with E-state index in [-0.39, 0.29) is 30.1 Å². The molecular formula is C36H43N7O3. The van der Waals surface area contributed by atoms with E-state index >= 15 is 0 Å². The molecular weight excluding hydrogens is 578 g/mol. The Morgan fingerprint density at radius 3 is 2.46 bits per heavy atom. The van der Waals surface area contributed by atoms with Crippen LogP contribution in [0.15, 0.2) is 90.1 Å². The zero-order valence-corrected chi connectivity index (χ0v) is 26.1. The number of aromatic amines is 1. The highest BCUT2D eigenvalue weighted by Crippen LogP contribution is 2.30. The van der Waals surface area contributed by atoms with Crippen LogP contribution in [-0.2, 0) is 40.1 Å². The number of hydrogen-bond donors (Lipinski definition) is 6. The first-order chi connectivity index (χ1) is 22.3. The van der Waals surface area contributed by atoms with E-state index in [1.54, 1.807) is 0 Å². The summed E-state index contributed by atoms with van der Waals surface area (Å²) in [7, 11) is 0. The normalized spacial score (nSPS) is 16.2. The fourth-order valence-corrected chi connectivity index (χ4v) is 6.18. The van der Waals surface area contributed by atoms with Gasteiger partial charge in [0.25, 0.3) is 0 Å². The molecule has 0 spiro atoms. The van der Waals surface area contributed by atoms with E-state index in [1.807, 2.05) is 79.0 Å². The van der Waals surface area contributed by atoms with Crippen LogP contribution in [0, 0.1) is 0 Å². The van der Waals surface area contributed by atoms with Crippen molar-refractivity contribution in [2.24, 2.45) is 16.5 Å². The Balaban J connectivity index is 1.29. The van der Waals surface area contributed by atoms with Gasteiger partial charge in [-0.05, 0) is 66.8 Å². The van der Waals surface area contributed by atoms with Crippen molar-refractivity contribution in [2.75, 3.05) is 13.1 Å². The molecule has 0 aliphatic heterocycles. The second-order valence-corrected chi connectivity index (χ2v) is 11.9. The van der Waals surface area contributed by atoms with Crippen LogP contribution in [0.25, 0.3) is 10.9 Å². The lowest BCUT2D eigenvalue weighted by atomic mass is 9.77. The van der Waals surface area contributed by atoms with Crippen LogP contribution in [0.2, 0.25) is 0 Å². The summed E-state index contributed by atoms with van der Waals surface area (Å²) in [5.74, 6) is -0.888. The maximum absolute atomic E-state index is 14.2. The van der Waals surface area contributed by atoms with Crippen molar-refractivity contribution in [3.63, 3.8) is 0 Å². The van der Waals surface area contributed by atoms with E-state index in [9.17, 15) is 14.4 Å². The van der Waals surface area contributed by atoms with E-state index in [4.69, 9.17) is 11.5 Å². The van der Waals surface area contributed by atoms with Crippen LogP contribution in [0.1, 0.15) is 47.9 Å². The smallest absolute Gasteiger partial charge is 0.246 e. The number of amides is 3. The second kappa shape index (κ2) is 15.2. The first-order valence-electron chi connectivity index (χ1n) is 15.9. The highest BCUT2D eigenvalue weighted by atomic mass is 16.2. The summed E-state index contributed by atoms with van der Waals surface area (Å²) < 4.78 is 0. The number of aryl methyl sites for hydroxylation is 2. The number of nitrogens with zero attached hydrogens (tertiary/aromatic N) is 1. The van der Waals surface area contributed by atoms with Crippen molar-refractivity contribution >= 4 is 34.6 Å². The molecule has 4 aromatic rings. The molecule has 3 aromatic carbocycles. The minimum atomic E-state index is -1.19. The molecule has 1 unspecified atom stereocenters. The lowest BCUT2D eigenvalue weighted by Gasteiger charge is -2.38. The van der Waals surface area contributed by atoms with E-state index < -0.39 is 11.6 Å². The number of nitrogens with one attached hydrogen (secondary N) is 4. The quantitative estimate of drug-likeness (QED) is 0.0722. The molecule has 46 heavy (non-hydrogen) atoms. The third-order valence-corrected chi connectivity index (χ3v) is 8.66. The largest absolute Gasteiger partial charge is 0.370 e. The zero-order chi connectivity index (χ0) is 32.4. The number of aliphatic imine (C=N–C) groups is 1. The molecule has 1 aliphatic rings. The van der Waals surface area contributed by atoms with Crippen LogP contribution < -0.4 is 27.4 Å². The molecule has 10 heteroatoms. The van der Waals surface area contributed by atoms with Gasteiger partial charge in [0, 0.05) is 43.0 Å². The predicted octanol–water partition coefficient (Wildman–Crippen LogP) is 3.04. The molecule has 0 saturated carbocycles. The first kappa shape index (κ1) is 32.3. The molecule has 1 aliphatic carbocycles. The number of carbonyl (C=O) groups excluding carboxylic acids is 3. The summed E-state index contributed by atoms with van der Waals surface area (Å²) >= 11 is 0. The average Bonchev–Trinajstić information content (AvgIpc) is 3.48. The zero-order valence-electron chi connectivity index (χ0n) is 26.1. The van der Waals surface area contributed by atoms with Crippen molar-refractivity contribution in [3.8, 4) is 0 Å². The molecule has 0 bridgehead atoms. The average molecular weight is 622 g/mol. The Morgan fingerprint density at radius 2 is 1.65 bits per heavy atom. The van der Waals surface area contributed by atoms with Gasteiger partial charge in [-0.15, -0.1) is 0 Å². The number of benzene rings is 3. The van der Waals surface area contributed by atoms with Crippen molar-refractivity contribution in [1.29, 1.82) is 0 Å². The van der Waals surface area contributed by atoms with E-state index in [0.717, 1.165) is 33.2 Å². The van der Waals surface area contributed by atoms with Gasteiger partial charge in [-0.1, -0.05) is 72.8 Å². The molecule has 1 heterocycles. The summed E-state index contributed by atoms with van der Waals surface area (Å²) in [6.45, 7) is 0.724. The summed E-state index contributed by atoms with van der Waals surface area (Å²) in [6, 6.07) is 25.0. The number of para-hydroxylation sites is 1. The first-order valence-corrected chi connectivity index (χ1v) is 15.9. The van der Waals surface area contributed by atoms with Gasteiger partial charge < -0.3 is 32.4 Å². The molecule has 2 atom stereocenters. The van der Waals surface area contributed by atoms with Crippen LogP contribution in [0.3, 0.4) is 0 Å². The topological polar surface area (TPSA) is 167 Å². The van der Waals surface area contributed by atoms with Crippen molar-refractivity contribution in [2.45, 2.75) is 62.9 Å². The fourth-order valence-electron chi connectivity index (χ4n) is 6.18. The highest BCUT2D eigenvalue weighted by molar-refractivity contribution is 5.95. The lowest BCUT2D eigenvalue weighted by Crippen LogP contribution is -2.64. The Kier molecular flexibility index (Phi) is 10.7.